The van der Waals surface area contributed by atoms with Crippen molar-refractivity contribution in [1.29, 1.82) is 0 Å². The van der Waals surface area contributed by atoms with Gasteiger partial charge in [-0.05, 0) is 39.3 Å². The van der Waals surface area contributed by atoms with Crippen LogP contribution >= 0.6 is 0 Å². The van der Waals surface area contributed by atoms with Crippen LogP contribution in [0.25, 0.3) is 0 Å². The largest absolute Gasteiger partial charge is 0.490 e. The summed E-state index contributed by atoms with van der Waals surface area (Å²) in [6.45, 7) is 3.28. The number of ether oxygens (including phenoxy) is 2. The Balaban J connectivity index is 2.23. The number of rotatable bonds is 6. The number of hydrogen-bond acceptors (Lipinski definition) is 4. The summed E-state index contributed by atoms with van der Waals surface area (Å²) in [4.78, 5) is 0. The lowest BCUT2D eigenvalue weighted by atomic mass is 10.1. The van der Waals surface area contributed by atoms with E-state index in [1.165, 1.54) is 0 Å². The molecular weight excluding hydrogens is 242 g/mol. The van der Waals surface area contributed by atoms with Gasteiger partial charge in [-0.15, -0.1) is 0 Å². The lowest BCUT2D eigenvalue weighted by Crippen LogP contribution is -2.26. The van der Waals surface area contributed by atoms with E-state index >= 15 is 0 Å². The SMILES string of the molecule is CCOc1cccc(CNC)c1OC1CCCC1O. The van der Waals surface area contributed by atoms with Crippen molar-refractivity contribution in [3.05, 3.63) is 23.8 Å². The van der Waals surface area contributed by atoms with E-state index in [2.05, 4.69) is 5.32 Å². The van der Waals surface area contributed by atoms with E-state index in [0.29, 0.717) is 6.61 Å². The second-order valence-corrected chi connectivity index (χ2v) is 4.86. The fourth-order valence-electron chi connectivity index (χ4n) is 2.49. The number of benzene rings is 1. The molecule has 2 rings (SSSR count). The third kappa shape index (κ3) is 3.39. The average Bonchev–Trinajstić information content (AvgIpc) is 2.79. The molecule has 106 valence electrons. The van der Waals surface area contributed by atoms with Crippen LogP contribution in [0.15, 0.2) is 18.2 Å². The van der Waals surface area contributed by atoms with Gasteiger partial charge in [-0.25, -0.2) is 0 Å². The van der Waals surface area contributed by atoms with Crippen LogP contribution in [0.3, 0.4) is 0 Å². The van der Waals surface area contributed by atoms with Gasteiger partial charge >= 0.3 is 0 Å². The van der Waals surface area contributed by atoms with Crippen LogP contribution in [0.1, 0.15) is 31.7 Å². The van der Waals surface area contributed by atoms with Crippen molar-refractivity contribution < 1.29 is 14.6 Å². The molecule has 0 heterocycles. The lowest BCUT2D eigenvalue weighted by Gasteiger charge is -2.21. The van der Waals surface area contributed by atoms with E-state index in [9.17, 15) is 5.11 Å². The molecule has 4 heteroatoms. The summed E-state index contributed by atoms with van der Waals surface area (Å²) in [6, 6.07) is 5.91. The molecule has 1 aliphatic carbocycles. The molecule has 1 aliphatic rings. The maximum atomic E-state index is 9.91. The summed E-state index contributed by atoms with van der Waals surface area (Å²) in [5.41, 5.74) is 1.06. The van der Waals surface area contributed by atoms with Crippen molar-refractivity contribution in [3.8, 4) is 11.5 Å². The standard InChI is InChI=1S/C15H23NO3/c1-3-18-14-9-4-6-11(10-16-2)15(14)19-13-8-5-7-12(13)17/h4,6,9,12-13,16-17H,3,5,7-8,10H2,1-2H3. The van der Waals surface area contributed by atoms with Gasteiger partial charge in [0, 0.05) is 12.1 Å². The van der Waals surface area contributed by atoms with Crippen molar-refractivity contribution in [2.45, 2.75) is 44.9 Å². The van der Waals surface area contributed by atoms with E-state index < -0.39 is 0 Å². The molecule has 1 saturated carbocycles. The molecule has 2 unspecified atom stereocenters. The summed E-state index contributed by atoms with van der Waals surface area (Å²) in [5.74, 6) is 1.53. The van der Waals surface area contributed by atoms with Crippen LogP contribution in [0.4, 0.5) is 0 Å². The molecule has 19 heavy (non-hydrogen) atoms. The second-order valence-electron chi connectivity index (χ2n) is 4.86. The normalized spacial score (nSPS) is 22.5. The number of hydrogen-bond donors (Lipinski definition) is 2. The zero-order valence-corrected chi connectivity index (χ0v) is 11.7. The Morgan fingerprint density at radius 3 is 2.84 bits per heavy atom. The van der Waals surface area contributed by atoms with E-state index in [-0.39, 0.29) is 12.2 Å². The van der Waals surface area contributed by atoms with E-state index in [1.807, 2.05) is 32.2 Å². The summed E-state index contributed by atoms with van der Waals surface area (Å²) in [6.07, 6.45) is 2.27. The smallest absolute Gasteiger partial charge is 0.166 e. The highest BCUT2D eigenvalue weighted by molar-refractivity contribution is 5.47. The summed E-state index contributed by atoms with van der Waals surface area (Å²) < 4.78 is 11.7. The third-order valence-corrected chi connectivity index (χ3v) is 3.41. The molecule has 0 radical (unpaired) electrons. The lowest BCUT2D eigenvalue weighted by molar-refractivity contribution is 0.0575. The average molecular weight is 265 g/mol. The molecule has 0 saturated heterocycles. The van der Waals surface area contributed by atoms with Gasteiger partial charge in [0.15, 0.2) is 11.5 Å². The van der Waals surface area contributed by atoms with Crippen LogP contribution in [0.2, 0.25) is 0 Å². The molecule has 0 amide bonds. The minimum absolute atomic E-state index is 0.114. The monoisotopic (exact) mass is 265 g/mol. The van der Waals surface area contributed by atoms with Gasteiger partial charge in [0.05, 0.1) is 12.7 Å². The highest BCUT2D eigenvalue weighted by Crippen LogP contribution is 2.35. The summed E-state index contributed by atoms with van der Waals surface area (Å²) in [5, 5.41) is 13.0. The van der Waals surface area contributed by atoms with Crippen LogP contribution in [0, 0.1) is 0 Å². The molecule has 2 N–H and O–H groups in total. The van der Waals surface area contributed by atoms with E-state index in [4.69, 9.17) is 9.47 Å². The van der Waals surface area contributed by atoms with Gasteiger partial charge in [0.2, 0.25) is 0 Å². The highest BCUT2D eigenvalue weighted by Gasteiger charge is 2.28. The van der Waals surface area contributed by atoms with Crippen LogP contribution in [-0.4, -0.2) is 31.0 Å². The Hall–Kier alpha value is -1.26. The quantitative estimate of drug-likeness (QED) is 0.827. The zero-order chi connectivity index (χ0) is 13.7. The topological polar surface area (TPSA) is 50.7 Å². The van der Waals surface area contributed by atoms with Gasteiger partial charge < -0.3 is 19.9 Å². The van der Waals surface area contributed by atoms with E-state index in [0.717, 1.165) is 42.9 Å². The first kappa shape index (κ1) is 14.2. The molecule has 1 aromatic rings. The van der Waals surface area contributed by atoms with Crippen LogP contribution in [0.5, 0.6) is 11.5 Å². The predicted molar refractivity (Wildman–Crippen MR) is 74.6 cm³/mol. The molecule has 0 aliphatic heterocycles. The van der Waals surface area contributed by atoms with Gasteiger partial charge in [0.1, 0.15) is 6.10 Å². The molecule has 0 spiro atoms. The summed E-state index contributed by atoms with van der Waals surface area (Å²) >= 11 is 0. The molecule has 0 aromatic heterocycles. The minimum Gasteiger partial charge on any atom is -0.490 e. The van der Waals surface area contributed by atoms with Crippen molar-refractivity contribution in [3.63, 3.8) is 0 Å². The van der Waals surface area contributed by atoms with Crippen molar-refractivity contribution in [2.75, 3.05) is 13.7 Å². The van der Waals surface area contributed by atoms with Crippen LogP contribution < -0.4 is 14.8 Å². The summed E-state index contributed by atoms with van der Waals surface area (Å²) in [7, 11) is 1.90. The number of aliphatic hydroxyl groups excluding tert-OH is 1. The maximum absolute atomic E-state index is 9.91. The number of nitrogens with one attached hydrogen (secondary N) is 1. The van der Waals surface area contributed by atoms with Gasteiger partial charge in [-0.3, -0.25) is 0 Å². The first-order valence-electron chi connectivity index (χ1n) is 7.00. The van der Waals surface area contributed by atoms with Crippen LogP contribution in [-0.2, 0) is 6.54 Å². The van der Waals surface area contributed by atoms with Gasteiger partial charge in [-0.1, -0.05) is 12.1 Å². The Labute approximate surface area is 114 Å². The van der Waals surface area contributed by atoms with Gasteiger partial charge in [0.25, 0.3) is 0 Å². The van der Waals surface area contributed by atoms with Crippen molar-refractivity contribution in [1.82, 2.24) is 5.32 Å². The number of para-hydroxylation sites is 1. The zero-order valence-electron chi connectivity index (χ0n) is 11.7. The predicted octanol–water partition coefficient (Wildman–Crippen LogP) is 2.10. The first-order chi connectivity index (χ1) is 9.26. The fourth-order valence-corrected chi connectivity index (χ4v) is 2.49. The maximum Gasteiger partial charge on any atom is 0.166 e. The Kier molecular flexibility index (Phi) is 5.05. The number of aliphatic hydroxyl groups is 1. The highest BCUT2D eigenvalue weighted by atomic mass is 16.5. The second kappa shape index (κ2) is 6.78. The Morgan fingerprint density at radius 2 is 2.21 bits per heavy atom. The molecule has 1 fully saturated rings. The van der Waals surface area contributed by atoms with Crippen molar-refractivity contribution >= 4 is 0 Å². The fraction of sp³-hybridized carbons (Fsp3) is 0.600. The Bertz CT molecular complexity index is 384. The molecular formula is C15H23NO3. The van der Waals surface area contributed by atoms with Crippen molar-refractivity contribution in [2.24, 2.45) is 0 Å². The van der Waals surface area contributed by atoms with Gasteiger partial charge in [-0.2, -0.15) is 0 Å². The molecule has 2 atom stereocenters. The minimum atomic E-state index is -0.364. The Morgan fingerprint density at radius 1 is 1.37 bits per heavy atom. The first-order valence-corrected chi connectivity index (χ1v) is 7.00. The molecule has 1 aromatic carbocycles. The molecule has 4 nitrogen and oxygen atoms in total. The molecule has 0 bridgehead atoms. The van der Waals surface area contributed by atoms with E-state index in [1.54, 1.807) is 0 Å². The third-order valence-electron chi connectivity index (χ3n) is 3.41.